The molecular weight excluding hydrogens is 220 g/mol. The Morgan fingerprint density at radius 1 is 1.22 bits per heavy atom. The molecule has 1 unspecified atom stereocenters. The molecule has 1 N–H and O–H groups in total. The van der Waals surface area contributed by atoms with Crippen molar-refractivity contribution in [2.24, 2.45) is 0 Å². The second kappa shape index (κ2) is 6.91. The number of aryl methyl sites for hydroxylation is 2. The lowest BCUT2D eigenvalue weighted by Crippen LogP contribution is -2.46. The highest BCUT2D eigenvalue weighted by atomic mass is 15.5. The summed E-state index contributed by atoms with van der Waals surface area (Å²) < 4.78 is 0. The molecule has 0 spiro atoms. The summed E-state index contributed by atoms with van der Waals surface area (Å²) in [7, 11) is 0. The third kappa shape index (κ3) is 4.43. The summed E-state index contributed by atoms with van der Waals surface area (Å²) in [6.07, 6.45) is 6.47. The second-order valence-electron chi connectivity index (χ2n) is 5.61. The molecule has 1 heterocycles. The van der Waals surface area contributed by atoms with Crippen molar-refractivity contribution in [1.82, 2.24) is 10.4 Å². The van der Waals surface area contributed by atoms with E-state index >= 15 is 0 Å². The molecule has 18 heavy (non-hydrogen) atoms. The molecule has 1 aliphatic heterocycles. The zero-order chi connectivity index (χ0) is 12.8. The van der Waals surface area contributed by atoms with Gasteiger partial charge in [0.1, 0.15) is 0 Å². The van der Waals surface area contributed by atoms with Crippen molar-refractivity contribution >= 4 is 0 Å². The van der Waals surface area contributed by atoms with Crippen LogP contribution in [0, 0.1) is 6.92 Å². The Morgan fingerprint density at radius 3 is 2.72 bits per heavy atom. The number of hydrogen-bond acceptors (Lipinski definition) is 2. The van der Waals surface area contributed by atoms with Crippen molar-refractivity contribution < 1.29 is 0 Å². The fourth-order valence-corrected chi connectivity index (χ4v) is 2.65. The van der Waals surface area contributed by atoms with Crippen LogP contribution in [0.15, 0.2) is 24.3 Å². The minimum Gasteiger partial charge on any atom is -0.252 e. The molecule has 1 saturated heterocycles. The third-order valence-electron chi connectivity index (χ3n) is 3.71. The molecule has 2 heteroatoms. The van der Waals surface area contributed by atoms with Crippen molar-refractivity contribution in [2.45, 2.75) is 52.0 Å². The summed E-state index contributed by atoms with van der Waals surface area (Å²) in [5.74, 6) is 0. The monoisotopic (exact) mass is 246 g/mol. The summed E-state index contributed by atoms with van der Waals surface area (Å²) >= 11 is 0. The molecule has 0 radical (unpaired) electrons. The van der Waals surface area contributed by atoms with E-state index in [1.54, 1.807) is 0 Å². The molecule has 1 atom stereocenters. The zero-order valence-corrected chi connectivity index (χ0v) is 11.8. The lowest BCUT2D eigenvalue weighted by Gasteiger charge is -2.30. The van der Waals surface area contributed by atoms with Gasteiger partial charge in [-0.3, -0.25) is 5.43 Å². The van der Waals surface area contributed by atoms with E-state index in [1.165, 1.54) is 56.3 Å². The molecule has 0 saturated carbocycles. The van der Waals surface area contributed by atoms with Gasteiger partial charge in [-0.2, -0.15) is 0 Å². The molecule has 1 aromatic carbocycles. The van der Waals surface area contributed by atoms with E-state index in [9.17, 15) is 0 Å². The Bertz CT molecular complexity index is 356. The maximum absolute atomic E-state index is 3.64. The lowest BCUT2D eigenvalue weighted by molar-refractivity contribution is 0.130. The Kier molecular flexibility index (Phi) is 5.21. The van der Waals surface area contributed by atoms with Crippen LogP contribution in [0.2, 0.25) is 0 Å². The maximum atomic E-state index is 3.64. The first-order chi connectivity index (χ1) is 8.74. The topological polar surface area (TPSA) is 15.3 Å². The summed E-state index contributed by atoms with van der Waals surface area (Å²) in [4.78, 5) is 0. The molecule has 0 aliphatic carbocycles. The van der Waals surface area contributed by atoms with Gasteiger partial charge in [-0.1, -0.05) is 36.2 Å². The number of hydrogen-bond donors (Lipinski definition) is 1. The summed E-state index contributed by atoms with van der Waals surface area (Å²) in [6, 6.07) is 9.43. The van der Waals surface area contributed by atoms with Gasteiger partial charge >= 0.3 is 0 Å². The van der Waals surface area contributed by atoms with Gasteiger partial charge in [0.15, 0.2) is 0 Å². The molecule has 0 bridgehead atoms. The van der Waals surface area contributed by atoms with E-state index in [-0.39, 0.29) is 0 Å². The molecule has 1 aliphatic rings. The van der Waals surface area contributed by atoms with Crippen LogP contribution in [0.3, 0.4) is 0 Å². The predicted octanol–water partition coefficient (Wildman–Crippen LogP) is 3.31. The van der Waals surface area contributed by atoms with Gasteiger partial charge in [0.25, 0.3) is 0 Å². The minimum absolute atomic E-state index is 0.573. The number of nitrogens with one attached hydrogen (secondary N) is 1. The summed E-state index contributed by atoms with van der Waals surface area (Å²) in [5, 5.41) is 2.41. The van der Waals surface area contributed by atoms with Crippen molar-refractivity contribution in [3.8, 4) is 0 Å². The largest absolute Gasteiger partial charge is 0.252 e. The standard InChI is InChI=1S/C16H26N2/c1-14-7-6-8-16(13-14)10-9-15(2)17-18-11-4-3-5-12-18/h6-8,13,15,17H,3-5,9-12H2,1-2H3. The van der Waals surface area contributed by atoms with Crippen LogP contribution in [0.25, 0.3) is 0 Å². The van der Waals surface area contributed by atoms with Crippen LogP contribution in [-0.4, -0.2) is 24.1 Å². The molecule has 0 amide bonds. The van der Waals surface area contributed by atoms with Crippen LogP contribution in [0.4, 0.5) is 0 Å². The normalized spacial score (nSPS) is 18.8. The van der Waals surface area contributed by atoms with Gasteiger partial charge in [0.05, 0.1) is 0 Å². The molecule has 2 rings (SSSR count). The average molecular weight is 246 g/mol. The van der Waals surface area contributed by atoms with Gasteiger partial charge < -0.3 is 0 Å². The number of nitrogens with zero attached hydrogens (tertiary/aromatic N) is 1. The van der Waals surface area contributed by atoms with Crippen LogP contribution >= 0.6 is 0 Å². The molecular formula is C16H26N2. The minimum atomic E-state index is 0.573. The molecule has 1 aromatic rings. The Hall–Kier alpha value is -0.860. The lowest BCUT2D eigenvalue weighted by atomic mass is 10.0. The smallest absolute Gasteiger partial charge is 0.0190 e. The molecule has 100 valence electrons. The van der Waals surface area contributed by atoms with Gasteiger partial charge in [0.2, 0.25) is 0 Å². The summed E-state index contributed by atoms with van der Waals surface area (Å²) in [5.41, 5.74) is 6.46. The van der Waals surface area contributed by atoms with Crippen molar-refractivity contribution in [1.29, 1.82) is 0 Å². The number of benzene rings is 1. The molecule has 1 fully saturated rings. The van der Waals surface area contributed by atoms with Crippen molar-refractivity contribution in [2.75, 3.05) is 13.1 Å². The number of hydrazine groups is 1. The van der Waals surface area contributed by atoms with Crippen molar-refractivity contribution in [3.63, 3.8) is 0 Å². The maximum Gasteiger partial charge on any atom is 0.0190 e. The summed E-state index contributed by atoms with van der Waals surface area (Å²) in [6.45, 7) is 6.90. The van der Waals surface area contributed by atoms with Gasteiger partial charge in [-0.15, -0.1) is 0 Å². The zero-order valence-electron chi connectivity index (χ0n) is 11.8. The van der Waals surface area contributed by atoms with Gasteiger partial charge in [-0.05, 0) is 45.1 Å². The van der Waals surface area contributed by atoms with Crippen LogP contribution in [-0.2, 0) is 6.42 Å². The highest BCUT2D eigenvalue weighted by Gasteiger charge is 2.12. The Balaban J connectivity index is 1.72. The number of rotatable bonds is 5. The predicted molar refractivity (Wildman–Crippen MR) is 77.5 cm³/mol. The second-order valence-corrected chi connectivity index (χ2v) is 5.61. The number of piperidine rings is 1. The van der Waals surface area contributed by atoms with Crippen molar-refractivity contribution in [3.05, 3.63) is 35.4 Å². The van der Waals surface area contributed by atoms with Gasteiger partial charge in [0, 0.05) is 19.1 Å². The fourth-order valence-electron chi connectivity index (χ4n) is 2.65. The van der Waals surface area contributed by atoms with E-state index in [4.69, 9.17) is 0 Å². The SMILES string of the molecule is Cc1cccc(CCC(C)NN2CCCCC2)c1. The first-order valence-corrected chi connectivity index (χ1v) is 7.31. The molecule has 0 aromatic heterocycles. The highest BCUT2D eigenvalue weighted by Crippen LogP contribution is 2.10. The fraction of sp³-hybridized carbons (Fsp3) is 0.625. The Morgan fingerprint density at radius 2 is 2.00 bits per heavy atom. The van der Waals surface area contributed by atoms with E-state index < -0.39 is 0 Å². The Labute approximate surface area is 111 Å². The van der Waals surface area contributed by atoms with E-state index in [0.29, 0.717) is 6.04 Å². The quantitative estimate of drug-likeness (QED) is 0.857. The average Bonchev–Trinajstić information content (AvgIpc) is 2.38. The van der Waals surface area contributed by atoms with E-state index in [1.807, 2.05) is 0 Å². The van der Waals surface area contributed by atoms with E-state index in [0.717, 1.165) is 0 Å². The van der Waals surface area contributed by atoms with Crippen LogP contribution < -0.4 is 5.43 Å². The van der Waals surface area contributed by atoms with E-state index in [2.05, 4.69) is 48.5 Å². The highest BCUT2D eigenvalue weighted by molar-refractivity contribution is 5.22. The first kappa shape index (κ1) is 13.6. The van der Waals surface area contributed by atoms with Gasteiger partial charge in [-0.25, -0.2) is 5.01 Å². The molecule has 2 nitrogen and oxygen atoms in total. The van der Waals surface area contributed by atoms with Crippen LogP contribution in [0.1, 0.15) is 43.7 Å². The first-order valence-electron chi connectivity index (χ1n) is 7.31. The third-order valence-corrected chi connectivity index (χ3v) is 3.71. The van der Waals surface area contributed by atoms with Crippen LogP contribution in [0.5, 0.6) is 0 Å².